The van der Waals surface area contributed by atoms with Crippen LogP contribution in [0.4, 0.5) is 5.69 Å². The van der Waals surface area contributed by atoms with Gasteiger partial charge in [-0.2, -0.15) is 5.26 Å². The molecule has 0 aliphatic rings. The first kappa shape index (κ1) is 12.5. The lowest BCUT2D eigenvalue weighted by Crippen LogP contribution is -1.99. The summed E-state index contributed by atoms with van der Waals surface area (Å²) in [5.74, 6) is 0. The van der Waals surface area contributed by atoms with Crippen molar-refractivity contribution in [3.8, 4) is 6.07 Å². The molecule has 0 atom stereocenters. The molecule has 0 aliphatic carbocycles. The van der Waals surface area contributed by atoms with Gasteiger partial charge in [0.15, 0.2) is 0 Å². The number of nitrogens with one attached hydrogen (secondary N) is 1. The van der Waals surface area contributed by atoms with Gasteiger partial charge in [-0.3, -0.25) is 0 Å². The van der Waals surface area contributed by atoms with Gasteiger partial charge < -0.3 is 9.88 Å². The van der Waals surface area contributed by atoms with E-state index in [-0.39, 0.29) is 0 Å². The summed E-state index contributed by atoms with van der Waals surface area (Å²) >= 11 is 6.09. The molecule has 0 unspecified atom stereocenters. The number of halogens is 1. The molecule has 1 aromatic heterocycles. The van der Waals surface area contributed by atoms with Crippen LogP contribution in [0.5, 0.6) is 0 Å². The number of hydrogen-bond acceptors (Lipinski definition) is 2. The molecule has 3 nitrogen and oxygen atoms in total. The van der Waals surface area contributed by atoms with Crippen molar-refractivity contribution in [1.29, 1.82) is 5.26 Å². The molecule has 1 heterocycles. The van der Waals surface area contributed by atoms with Gasteiger partial charge in [-0.1, -0.05) is 11.6 Å². The summed E-state index contributed by atoms with van der Waals surface area (Å²) in [6, 6.07) is 9.40. The summed E-state index contributed by atoms with van der Waals surface area (Å²) in [6.45, 7) is 3.80. The highest BCUT2D eigenvalue weighted by Crippen LogP contribution is 2.23. The zero-order valence-electron chi connectivity index (χ0n) is 10.2. The van der Waals surface area contributed by atoms with Crippen LogP contribution in [-0.4, -0.2) is 4.57 Å². The van der Waals surface area contributed by atoms with Gasteiger partial charge in [-0.15, -0.1) is 0 Å². The molecule has 18 heavy (non-hydrogen) atoms. The van der Waals surface area contributed by atoms with E-state index in [1.807, 2.05) is 6.07 Å². The lowest BCUT2D eigenvalue weighted by molar-refractivity contribution is 0.766. The second-order valence-electron chi connectivity index (χ2n) is 4.01. The van der Waals surface area contributed by atoms with Crippen molar-refractivity contribution >= 4 is 17.3 Å². The van der Waals surface area contributed by atoms with Crippen LogP contribution in [0.15, 0.2) is 36.7 Å². The van der Waals surface area contributed by atoms with Gasteiger partial charge >= 0.3 is 0 Å². The van der Waals surface area contributed by atoms with E-state index in [1.165, 1.54) is 5.56 Å². The van der Waals surface area contributed by atoms with E-state index in [0.29, 0.717) is 10.6 Å². The fourth-order valence-corrected chi connectivity index (χ4v) is 1.96. The van der Waals surface area contributed by atoms with Crippen LogP contribution in [0, 0.1) is 11.3 Å². The maximum absolute atomic E-state index is 8.76. The average molecular weight is 260 g/mol. The highest BCUT2D eigenvalue weighted by atomic mass is 35.5. The number of aryl methyl sites for hydroxylation is 1. The largest absolute Gasteiger partial charge is 0.380 e. The highest BCUT2D eigenvalue weighted by Gasteiger charge is 2.02. The third kappa shape index (κ3) is 2.85. The van der Waals surface area contributed by atoms with Gasteiger partial charge in [-0.25, -0.2) is 0 Å². The van der Waals surface area contributed by atoms with Gasteiger partial charge in [0.05, 0.1) is 22.3 Å². The number of aromatic nitrogens is 1. The SMILES string of the molecule is CCn1ccc(CNc2ccc(C#N)cc2Cl)c1. The van der Waals surface area contributed by atoms with Crippen molar-refractivity contribution < 1.29 is 0 Å². The Kier molecular flexibility index (Phi) is 3.91. The van der Waals surface area contributed by atoms with Gasteiger partial charge in [0, 0.05) is 25.5 Å². The van der Waals surface area contributed by atoms with Crippen LogP contribution in [0.3, 0.4) is 0 Å². The summed E-state index contributed by atoms with van der Waals surface area (Å²) in [5.41, 5.74) is 2.62. The second-order valence-corrected chi connectivity index (χ2v) is 4.42. The van der Waals surface area contributed by atoms with Crippen LogP contribution in [-0.2, 0) is 13.1 Å². The molecule has 0 radical (unpaired) electrons. The molecule has 0 amide bonds. The molecular weight excluding hydrogens is 246 g/mol. The van der Waals surface area contributed by atoms with E-state index in [9.17, 15) is 0 Å². The molecular formula is C14H14ClN3. The van der Waals surface area contributed by atoms with Crippen LogP contribution < -0.4 is 5.32 Å². The fourth-order valence-electron chi connectivity index (χ4n) is 1.72. The maximum Gasteiger partial charge on any atom is 0.0992 e. The first-order valence-corrected chi connectivity index (χ1v) is 6.19. The van der Waals surface area contributed by atoms with Gasteiger partial charge in [0.1, 0.15) is 0 Å². The average Bonchev–Trinajstić information content (AvgIpc) is 2.85. The summed E-state index contributed by atoms with van der Waals surface area (Å²) in [7, 11) is 0. The highest BCUT2D eigenvalue weighted by molar-refractivity contribution is 6.33. The lowest BCUT2D eigenvalue weighted by atomic mass is 10.2. The Bertz CT molecular complexity index is 581. The number of nitriles is 1. The molecule has 1 aromatic carbocycles. The van der Waals surface area contributed by atoms with Crippen molar-refractivity contribution in [2.45, 2.75) is 20.0 Å². The van der Waals surface area contributed by atoms with E-state index in [2.05, 4.69) is 41.3 Å². The maximum atomic E-state index is 8.76. The van der Waals surface area contributed by atoms with E-state index in [4.69, 9.17) is 16.9 Å². The van der Waals surface area contributed by atoms with Crippen LogP contribution >= 0.6 is 11.6 Å². The standard InChI is InChI=1S/C14H14ClN3/c1-2-18-6-5-12(10-18)9-17-14-4-3-11(8-16)7-13(14)15/h3-7,10,17H,2,9H2,1H3. The molecule has 0 aliphatic heterocycles. The van der Waals surface area contributed by atoms with Crippen molar-refractivity contribution in [3.05, 3.63) is 52.8 Å². The van der Waals surface area contributed by atoms with Crippen molar-refractivity contribution in [3.63, 3.8) is 0 Å². The Morgan fingerprint density at radius 1 is 1.39 bits per heavy atom. The van der Waals surface area contributed by atoms with E-state index >= 15 is 0 Å². The molecule has 1 N–H and O–H groups in total. The predicted octanol–water partition coefficient (Wildman–Crippen LogP) is 3.65. The Morgan fingerprint density at radius 3 is 2.83 bits per heavy atom. The normalized spacial score (nSPS) is 10.1. The van der Waals surface area contributed by atoms with Gasteiger partial charge in [0.2, 0.25) is 0 Å². The van der Waals surface area contributed by atoms with Crippen LogP contribution in [0.1, 0.15) is 18.1 Å². The smallest absolute Gasteiger partial charge is 0.0992 e. The predicted molar refractivity (Wildman–Crippen MR) is 73.6 cm³/mol. The number of nitrogens with zero attached hydrogens (tertiary/aromatic N) is 2. The summed E-state index contributed by atoms with van der Waals surface area (Å²) in [5, 5.41) is 12.6. The van der Waals surface area contributed by atoms with Crippen molar-refractivity contribution in [1.82, 2.24) is 4.57 Å². The van der Waals surface area contributed by atoms with Gasteiger partial charge in [-0.05, 0) is 36.8 Å². The minimum absolute atomic E-state index is 0.572. The number of rotatable bonds is 4. The molecule has 0 saturated heterocycles. The molecule has 0 saturated carbocycles. The summed E-state index contributed by atoms with van der Waals surface area (Å²) < 4.78 is 2.12. The Morgan fingerprint density at radius 2 is 2.22 bits per heavy atom. The zero-order chi connectivity index (χ0) is 13.0. The number of hydrogen-bond donors (Lipinski definition) is 1. The minimum Gasteiger partial charge on any atom is -0.380 e. The molecule has 0 spiro atoms. The number of benzene rings is 1. The molecule has 2 aromatic rings. The summed E-state index contributed by atoms with van der Waals surface area (Å²) in [4.78, 5) is 0. The number of anilines is 1. The van der Waals surface area contributed by atoms with Crippen LogP contribution in [0.2, 0.25) is 5.02 Å². The quantitative estimate of drug-likeness (QED) is 0.911. The van der Waals surface area contributed by atoms with Crippen molar-refractivity contribution in [2.24, 2.45) is 0 Å². The van der Waals surface area contributed by atoms with E-state index < -0.39 is 0 Å². The molecule has 2 rings (SSSR count). The molecule has 92 valence electrons. The van der Waals surface area contributed by atoms with Crippen molar-refractivity contribution in [2.75, 3.05) is 5.32 Å². The lowest BCUT2D eigenvalue weighted by Gasteiger charge is -2.07. The van der Waals surface area contributed by atoms with E-state index in [0.717, 1.165) is 18.8 Å². The summed E-state index contributed by atoms with van der Waals surface area (Å²) in [6.07, 6.45) is 4.15. The minimum atomic E-state index is 0.572. The second kappa shape index (κ2) is 5.61. The fraction of sp³-hybridized carbons (Fsp3) is 0.214. The monoisotopic (exact) mass is 259 g/mol. The molecule has 4 heteroatoms. The van der Waals surface area contributed by atoms with E-state index in [1.54, 1.807) is 12.1 Å². The topological polar surface area (TPSA) is 40.8 Å². The first-order chi connectivity index (χ1) is 8.72. The Labute approximate surface area is 112 Å². The Hall–Kier alpha value is -1.92. The molecule has 0 bridgehead atoms. The third-order valence-electron chi connectivity index (χ3n) is 2.76. The van der Waals surface area contributed by atoms with Crippen LogP contribution in [0.25, 0.3) is 0 Å². The Balaban J connectivity index is 2.04. The van der Waals surface area contributed by atoms with Gasteiger partial charge in [0.25, 0.3) is 0 Å². The zero-order valence-corrected chi connectivity index (χ0v) is 10.9. The first-order valence-electron chi connectivity index (χ1n) is 5.81. The third-order valence-corrected chi connectivity index (χ3v) is 3.07. The molecule has 0 fully saturated rings.